The fraction of sp³-hybridized carbons (Fsp3) is 0.300. The van der Waals surface area contributed by atoms with Gasteiger partial charge in [-0.1, -0.05) is 51.1 Å². The van der Waals surface area contributed by atoms with Crippen LogP contribution >= 0.6 is 0 Å². The molecule has 2 aromatic heterocycles. The molecule has 3 heteroatoms. The van der Waals surface area contributed by atoms with Crippen molar-refractivity contribution >= 4 is 0 Å². The van der Waals surface area contributed by atoms with Crippen LogP contribution in [0.5, 0.6) is 0 Å². The van der Waals surface area contributed by atoms with E-state index >= 15 is 0 Å². The predicted octanol–water partition coefficient (Wildman–Crippen LogP) is 4.47. The minimum atomic E-state index is 0.111. The summed E-state index contributed by atoms with van der Waals surface area (Å²) in [6.45, 7) is 7.71. The van der Waals surface area contributed by atoms with Crippen molar-refractivity contribution in [1.29, 1.82) is 0 Å². The lowest BCUT2D eigenvalue weighted by molar-refractivity contribution is 0.514. The molecule has 3 nitrogen and oxygen atoms in total. The monoisotopic (exact) mass is 303 g/mol. The Hall–Kier alpha value is -2.42. The van der Waals surface area contributed by atoms with Crippen molar-refractivity contribution in [3.05, 3.63) is 60.0 Å². The Morgan fingerprint density at radius 2 is 1.78 bits per heavy atom. The van der Waals surface area contributed by atoms with Crippen molar-refractivity contribution < 1.29 is 0 Å². The Bertz CT molecular complexity index is 854. The van der Waals surface area contributed by atoms with Gasteiger partial charge in [0.05, 0.1) is 5.69 Å². The van der Waals surface area contributed by atoms with Gasteiger partial charge in [0.25, 0.3) is 0 Å². The average Bonchev–Trinajstić information content (AvgIpc) is 3.00. The number of benzene rings is 1. The maximum absolute atomic E-state index is 4.69. The number of fused-ring (bicyclic) bond motifs is 3. The number of hydrogen-bond acceptors (Lipinski definition) is 2. The quantitative estimate of drug-likeness (QED) is 0.664. The molecule has 0 atom stereocenters. The minimum Gasteiger partial charge on any atom is -0.327 e. The first-order chi connectivity index (χ1) is 11.0. The van der Waals surface area contributed by atoms with Crippen LogP contribution < -0.4 is 0 Å². The zero-order valence-electron chi connectivity index (χ0n) is 13.9. The summed E-state index contributed by atoms with van der Waals surface area (Å²) in [4.78, 5) is 9.37. The first-order valence-corrected chi connectivity index (χ1v) is 8.15. The highest BCUT2D eigenvalue weighted by Gasteiger charge is 2.26. The van der Waals surface area contributed by atoms with E-state index in [1.807, 2.05) is 18.5 Å². The maximum Gasteiger partial charge on any atom is 0.141 e. The zero-order valence-corrected chi connectivity index (χ0v) is 13.9. The largest absolute Gasteiger partial charge is 0.327 e. The molecule has 0 saturated heterocycles. The molecular formula is C20H21N3. The summed E-state index contributed by atoms with van der Waals surface area (Å²) in [5.74, 6) is 1.06. The third-order valence-corrected chi connectivity index (χ3v) is 4.53. The van der Waals surface area contributed by atoms with Crippen LogP contribution in [0.3, 0.4) is 0 Å². The van der Waals surface area contributed by atoms with E-state index in [9.17, 15) is 0 Å². The molecule has 116 valence electrons. The van der Waals surface area contributed by atoms with Gasteiger partial charge in [-0.25, -0.2) is 4.98 Å². The molecule has 23 heavy (non-hydrogen) atoms. The van der Waals surface area contributed by atoms with Gasteiger partial charge in [0.1, 0.15) is 5.82 Å². The van der Waals surface area contributed by atoms with Crippen LogP contribution in [0.25, 0.3) is 22.6 Å². The summed E-state index contributed by atoms with van der Waals surface area (Å²) in [5, 5.41) is 0. The summed E-state index contributed by atoms with van der Waals surface area (Å²) in [7, 11) is 0. The van der Waals surface area contributed by atoms with Gasteiger partial charge >= 0.3 is 0 Å². The highest BCUT2D eigenvalue weighted by molar-refractivity contribution is 5.68. The second kappa shape index (κ2) is 5.05. The van der Waals surface area contributed by atoms with Crippen molar-refractivity contribution in [1.82, 2.24) is 14.5 Å². The molecule has 1 aromatic carbocycles. The lowest BCUT2D eigenvalue weighted by Crippen LogP contribution is -2.21. The topological polar surface area (TPSA) is 30.7 Å². The van der Waals surface area contributed by atoms with Gasteiger partial charge in [-0.15, -0.1) is 0 Å². The highest BCUT2D eigenvalue weighted by atomic mass is 15.1. The van der Waals surface area contributed by atoms with E-state index in [2.05, 4.69) is 65.6 Å². The van der Waals surface area contributed by atoms with Crippen LogP contribution in [0.1, 0.15) is 32.0 Å². The molecule has 1 aliphatic rings. The summed E-state index contributed by atoms with van der Waals surface area (Å²) >= 11 is 0. The molecule has 0 spiro atoms. The van der Waals surface area contributed by atoms with Crippen molar-refractivity contribution in [2.75, 3.05) is 0 Å². The van der Waals surface area contributed by atoms with Gasteiger partial charge in [-0.2, -0.15) is 0 Å². The van der Waals surface area contributed by atoms with Gasteiger partial charge < -0.3 is 4.57 Å². The van der Waals surface area contributed by atoms with Crippen molar-refractivity contribution in [2.24, 2.45) is 0 Å². The van der Waals surface area contributed by atoms with Gasteiger partial charge in [-0.05, 0) is 18.1 Å². The SMILES string of the molecule is CC(C)(C)c1cnc2n1CCc1cc(-c3ccccc3)ncc1-2. The van der Waals surface area contributed by atoms with Crippen molar-refractivity contribution in [3.8, 4) is 22.6 Å². The Morgan fingerprint density at radius 1 is 1.00 bits per heavy atom. The first-order valence-electron chi connectivity index (χ1n) is 8.15. The number of nitrogens with zero attached hydrogens (tertiary/aromatic N) is 3. The molecule has 0 saturated carbocycles. The zero-order chi connectivity index (χ0) is 16.0. The van der Waals surface area contributed by atoms with Crippen LogP contribution in [-0.2, 0) is 18.4 Å². The molecule has 0 radical (unpaired) electrons. The van der Waals surface area contributed by atoms with Gasteiger partial charge in [0.2, 0.25) is 0 Å². The average molecular weight is 303 g/mol. The molecule has 0 bridgehead atoms. The molecule has 0 amide bonds. The summed E-state index contributed by atoms with van der Waals surface area (Å²) < 4.78 is 2.35. The summed E-state index contributed by atoms with van der Waals surface area (Å²) in [6, 6.07) is 12.6. The van der Waals surface area contributed by atoms with Crippen LogP contribution in [0.4, 0.5) is 0 Å². The third kappa shape index (κ3) is 2.37. The normalized spacial score (nSPS) is 13.5. The standard InChI is InChI=1S/C20H21N3/c1-20(2,3)18-13-22-19-16-12-21-17(14-7-5-4-6-8-14)11-15(16)9-10-23(18)19/h4-8,11-13H,9-10H2,1-3H3. The highest BCUT2D eigenvalue weighted by Crippen LogP contribution is 2.34. The molecule has 0 aliphatic carbocycles. The smallest absolute Gasteiger partial charge is 0.141 e. The van der Waals surface area contributed by atoms with Crippen LogP contribution in [0, 0.1) is 0 Å². The number of rotatable bonds is 1. The van der Waals surface area contributed by atoms with E-state index in [0.29, 0.717) is 0 Å². The van der Waals surface area contributed by atoms with E-state index in [1.165, 1.54) is 22.4 Å². The molecule has 0 unspecified atom stereocenters. The van der Waals surface area contributed by atoms with Crippen LogP contribution in [0.2, 0.25) is 0 Å². The van der Waals surface area contributed by atoms with Gasteiger partial charge in [-0.3, -0.25) is 4.98 Å². The second-order valence-corrected chi connectivity index (χ2v) is 7.21. The molecule has 4 rings (SSSR count). The van der Waals surface area contributed by atoms with E-state index in [4.69, 9.17) is 0 Å². The number of hydrogen-bond donors (Lipinski definition) is 0. The van der Waals surface area contributed by atoms with E-state index in [-0.39, 0.29) is 5.41 Å². The van der Waals surface area contributed by atoms with Gasteiger partial charge in [0, 0.05) is 41.2 Å². The lowest BCUT2D eigenvalue weighted by Gasteiger charge is -2.25. The van der Waals surface area contributed by atoms with E-state index in [0.717, 1.165) is 24.5 Å². The van der Waals surface area contributed by atoms with Crippen molar-refractivity contribution in [3.63, 3.8) is 0 Å². The number of imidazole rings is 1. The molecule has 0 fully saturated rings. The Labute approximate surface area is 137 Å². The fourth-order valence-electron chi connectivity index (χ4n) is 3.32. The maximum atomic E-state index is 4.69. The number of aryl methyl sites for hydroxylation is 1. The minimum absolute atomic E-state index is 0.111. The lowest BCUT2D eigenvalue weighted by atomic mass is 9.92. The summed E-state index contributed by atoms with van der Waals surface area (Å²) in [5.41, 5.74) is 6.13. The van der Waals surface area contributed by atoms with Crippen LogP contribution in [0.15, 0.2) is 48.8 Å². The van der Waals surface area contributed by atoms with Crippen molar-refractivity contribution in [2.45, 2.75) is 39.2 Å². The second-order valence-electron chi connectivity index (χ2n) is 7.21. The third-order valence-electron chi connectivity index (χ3n) is 4.53. The van der Waals surface area contributed by atoms with Crippen LogP contribution in [-0.4, -0.2) is 14.5 Å². The first kappa shape index (κ1) is 14.2. The number of pyridine rings is 1. The molecule has 1 aliphatic heterocycles. The molecular weight excluding hydrogens is 282 g/mol. The van der Waals surface area contributed by atoms with Gasteiger partial charge in [0.15, 0.2) is 0 Å². The molecule has 3 heterocycles. The van der Waals surface area contributed by atoms with E-state index < -0.39 is 0 Å². The number of aromatic nitrogens is 3. The fourth-order valence-corrected chi connectivity index (χ4v) is 3.32. The Morgan fingerprint density at radius 3 is 2.52 bits per heavy atom. The van der Waals surface area contributed by atoms with E-state index in [1.54, 1.807) is 0 Å². The Balaban J connectivity index is 1.80. The Kier molecular flexibility index (Phi) is 3.12. The molecule has 0 N–H and O–H groups in total. The predicted molar refractivity (Wildman–Crippen MR) is 93.3 cm³/mol. The summed E-state index contributed by atoms with van der Waals surface area (Å²) in [6.07, 6.45) is 5.04. The molecule has 3 aromatic rings.